The minimum Gasteiger partial charge on any atom is -0.469 e. The number of H-pyrrole nitrogens is 1. The molecule has 1 N–H and O–H groups in total. The van der Waals surface area contributed by atoms with E-state index in [1.165, 1.54) is 18.2 Å². The van der Waals surface area contributed by atoms with E-state index < -0.39 is 0 Å². The molecule has 1 aliphatic carbocycles. The highest BCUT2D eigenvalue weighted by atomic mass is 16.5. The quantitative estimate of drug-likeness (QED) is 0.248. The zero-order valence-corrected chi connectivity index (χ0v) is 24.7. The van der Waals surface area contributed by atoms with Gasteiger partial charge in [-0.1, -0.05) is 94.5 Å². The Kier molecular flexibility index (Phi) is 10.5. The Morgan fingerprint density at radius 1 is 0.900 bits per heavy atom. The standard InChI is InChI=1S/C34H44N4O2/c1-6-37(7-2)23-26-12-16-28(17-13-26)32-33(29-18-14-27(15-19-29)24-38(8-3)9-4)36-34(35-32)30-20-10-25(11-21-30)22-31(39)40-5/h10-14,16-21,27H,6-9,15,22-24H2,1-5H3,(H,35,36). The molecule has 1 atom stereocenters. The second-order valence-corrected chi connectivity index (χ2v) is 10.4. The average molecular weight is 541 g/mol. The summed E-state index contributed by atoms with van der Waals surface area (Å²) in [6.45, 7) is 15.1. The number of rotatable bonds is 13. The van der Waals surface area contributed by atoms with E-state index in [1.54, 1.807) is 0 Å². The van der Waals surface area contributed by atoms with Crippen LogP contribution in [0, 0.1) is 5.92 Å². The largest absolute Gasteiger partial charge is 0.469 e. The summed E-state index contributed by atoms with van der Waals surface area (Å²) in [5.41, 5.74) is 7.50. The predicted molar refractivity (Wildman–Crippen MR) is 165 cm³/mol. The minimum atomic E-state index is -0.241. The SMILES string of the molecule is CCN(CC)Cc1ccc(-c2nc(-c3ccc(CC(=O)OC)cc3)[nH]c2C2=CCC(CN(CC)CC)C=C2)cc1. The molecule has 6 heteroatoms. The Balaban J connectivity index is 1.64. The number of hydrogen-bond acceptors (Lipinski definition) is 5. The zero-order valence-electron chi connectivity index (χ0n) is 24.7. The molecular formula is C34H44N4O2. The van der Waals surface area contributed by atoms with Gasteiger partial charge in [-0.05, 0) is 55.2 Å². The summed E-state index contributed by atoms with van der Waals surface area (Å²) in [5, 5.41) is 0. The maximum Gasteiger partial charge on any atom is 0.309 e. The normalized spacial score (nSPS) is 15.1. The van der Waals surface area contributed by atoms with E-state index >= 15 is 0 Å². The van der Waals surface area contributed by atoms with Crippen molar-refractivity contribution in [2.75, 3.05) is 39.8 Å². The van der Waals surface area contributed by atoms with Crippen molar-refractivity contribution in [3.8, 4) is 22.6 Å². The maximum absolute atomic E-state index is 11.7. The molecule has 1 aliphatic rings. The van der Waals surface area contributed by atoms with Gasteiger partial charge in [0.25, 0.3) is 0 Å². The Bertz CT molecular complexity index is 1300. The number of imidazole rings is 1. The second-order valence-electron chi connectivity index (χ2n) is 10.4. The summed E-state index contributed by atoms with van der Waals surface area (Å²) in [6.07, 6.45) is 8.24. The van der Waals surface area contributed by atoms with Crippen LogP contribution in [0.3, 0.4) is 0 Å². The van der Waals surface area contributed by atoms with Crippen molar-refractivity contribution < 1.29 is 9.53 Å². The average Bonchev–Trinajstić information content (AvgIpc) is 3.45. The Labute approximate surface area is 239 Å². The number of aromatic nitrogens is 2. The van der Waals surface area contributed by atoms with Gasteiger partial charge in [0.15, 0.2) is 0 Å². The molecule has 4 rings (SSSR count). The van der Waals surface area contributed by atoms with Crippen LogP contribution in [-0.4, -0.2) is 65.6 Å². The Morgan fingerprint density at radius 3 is 2.10 bits per heavy atom. The summed E-state index contributed by atoms with van der Waals surface area (Å²) in [6, 6.07) is 16.8. The van der Waals surface area contributed by atoms with Crippen LogP contribution in [0.4, 0.5) is 0 Å². The van der Waals surface area contributed by atoms with Crippen LogP contribution in [0.5, 0.6) is 0 Å². The van der Waals surface area contributed by atoms with Crippen LogP contribution in [0.2, 0.25) is 0 Å². The highest BCUT2D eigenvalue weighted by Crippen LogP contribution is 2.34. The van der Waals surface area contributed by atoms with Gasteiger partial charge in [0.1, 0.15) is 5.82 Å². The van der Waals surface area contributed by atoms with E-state index in [1.807, 2.05) is 24.3 Å². The van der Waals surface area contributed by atoms with E-state index in [0.717, 1.165) is 79.6 Å². The fraction of sp³-hybridized carbons (Fsp3) is 0.412. The highest BCUT2D eigenvalue weighted by Gasteiger charge is 2.19. The first-order valence-corrected chi connectivity index (χ1v) is 14.7. The number of aromatic amines is 1. The lowest BCUT2D eigenvalue weighted by atomic mass is 9.93. The molecule has 212 valence electrons. The number of nitrogens with one attached hydrogen (secondary N) is 1. The fourth-order valence-corrected chi connectivity index (χ4v) is 5.22. The third kappa shape index (κ3) is 7.38. The van der Waals surface area contributed by atoms with Crippen LogP contribution in [0.1, 0.15) is 50.9 Å². The molecule has 1 aromatic heterocycles. The van der Waals surface area contributed by atoms with Crippen LogP contribution in [0.25, 0.3) is 28.2 Å². The number of nitrogens with zero attached hydrogens (tertiary/aromatic N) is 3. The van der Waals surface area contributed by atoms with Crippen molar-refractivity contribution in [2.24, 2.45) is 5.92 Å². The number of carbonyl (C=O) groups is 1. The molecule has 0 fully saturated rings. The number of benzene rings is 2. The van der Waals surface area contributed by atoms with Gasteiger partial charge >= 0.3 is 5.97 Å². The van der Waals surface area contributed by atoms with Gasteiger partial charge in [0, 0.05) is 24.2 Å². The first kappa shape index (κ1) is 29.5. The van der Waals surface area contributed by atoms with Crippen molar-refractivity contribution >= 4 is 11.5 Å². The summed E-state index contributed by atoms with van der Waals surface area (Å²) < 4.78 is 4.81. The van der Waals surface area contributed by atoms with E-state index in [9.17, 15) is 4.79 Å². The van der Waals surface area contributed by atoms with Crippen molar-refractivity contribution in [3.63, 3.8) is 0 Å². The topological polar surface area (TPSA) is 61.5 Å². The summed E-state index contributed by atoms with van der Waals surface area (Å²) in [7, 11) is 1.42. The molecule has 1 heterocycles. The van der Waals surface area contributed by atoms with Crippen molar-refractivity contribution in [1.82, 2.24) is 19.8 Å². The molecule has 0 bridgehead atoms. The first-order chi connectivity index (χ1) is 19.5. The lowest BCUT2D eigenvalue weighted by Gasteiger charge is -2.24. The second kappa shape index (κ2) is 14.2. The van der Waals surface area contributed by atoms with Crippen LogP contribution in [0.15, 0.2) is 66.8 Å². The summed E-state index contributed by atoms with van der Waals surface area (Å²) in [4.78, 5) is 25.3. The monoisotopic (exact) mass is 540 g/mol. The van der Waals surface area contributed by atoms with E-state index in [-0.39, 0.29) is 12.4 Å². The number of allylic oxidation sites excluding steroid dienone is 3. The molecule has 40 heavy (non-hydrogen) atoms. The highest BCUT2D eigenvalue weighted by molar-refractivity contribution is 5.84. The van der Waals surface area contributed by atoms with Gasteiger partial charge in [-0.25, -0.2) is 4.98 Å². The van der Waals surface area contributed by atoms with Gasteiger partial charge < -0.3 is 14.6 Å². The molecule has 0 spiro atoms. The molecule has 3 aromatic rings. The molecule has 0 saturated carbocycles. The number of hydrogen-bond donors (Lipinski definition) is 1. The minimum absolute atomic E-state index is 0.241. The van der Waals surface area contributed by atoms with Gasteiger partial charge in [-0.2, -0.15) is 0 Å². The lowest BCUT2D eigenvalue weighted by Crippen LogP contribution is -2.28. The zero-order chi connectivity index (χ0) is 28.5. The molecule has 0 amide bonds. The third-order valence-electron chi connectivity index (χ3n) is 7.90. The first-order valence-electron chi connectivity index (χ1n) is 14.7. The summed E-state index contributed by atoms with van der Waals surface area (Å²) in [5.74, 6) is 1.10. The van der Waals surface area contributed by atoms with E-state index in [2.05, 4.69) is 85.0 Å². The molecule has 0 radical (unpaired) electrons. The summed E-state index contributed by atoms with van der Waals surface area (Å²) >= 11 is 0. The predicted octanol–water partition coefficient (Wildman–Crippen LogP) is 6.60. The van der Waals surface area contributed by atoms with Gasteiger partial charge in [0.2, 0.25) is 0 Å². The smallest absolute Gasteiger partial charge is 0.309 e. The maximum atomic E-state index is 11.7. The number of esters is 1. The number of ether oxygens (including phenoxy) is 1. The number of carbonyl (C=O) groups excluding carboxylic acids is 1. The van der Waals surface area contributed by atoms with Gasteiger partial charge in [-0.15, -0.1) is 0 Å². The Hall–Kier alpha value is -3.48. The van der Waals surface area contributed by atoms with Crippen molar-refractivity contribution in [1.29, 1.82) is 0 Å². The molecule has 1 unspecified atom stereocenters. The van der Waals surface area contributed by atoms with Gasteiger partial charge in [0.05, 0.1) is 24.9 Å². The van der Waals surface area contributed by atoms with Crippen molar-refractivity contribution in [3.05, 3.63) is 83.6 Å². The van der Waals surface area contributed by atoms with Crippen molar-refractivity contribution in [2.45, 2.75) is 47.1 Å². The molecule has 2 aromatic carbocycles. The Morgan fingerprint density at radius 2 is 1.52 bits per heavy atom. The van der Waals surface area contributed by atoms with Crippen LogP contribution in [-0.2, 0) is 22.5 Å². The third-order valence-corrected chi connectivity index (χ3v) is 7.90. The lowest BCUT2D eigenvalue weighted by molar-refractivity contribution is -0.139. The van der Waals surface area contributed by atoms with Crippen LogP contribution < -0.4 is 0 Å². The molecular weight excluding hydrogens is 496 g/mol. The van der Waals surface area contributed by atoms with Gasteiger partial charge in [-0.3, -0.25) is 9.69 Å². The molecule has 0 aliphatic heterocycles. The molecule has 6 nitrogen and oxygen atoms in total. The van der Waals surface area contributed by atoms with E-state index in [0.29, 0.717) is 5.92 Å². The van der Waals surface area contributed by atoms with E-state index in [4.69, 9.17) is 9.72 Å². The molecule has 0 saturated heterocycles. The fourth-order valence-electron chi connectivity index (χ4n) is 5.22. The van der Waals surface area contributed by atoms with Crippen LogP contribution >= 0.6 is 0 Å². The number of methoxy groups -OCH3 is 1.